The second-order valence-electron chi connectivity index (χ2n) is 7.06. The van der Waals surface area contributed by atoms with Gasteiger partial charge in [-0.15, -0.1) is 0 Å². The quantitative estimate of drug-likeness (QED) is 0.309. The Bertz CT molecular complexity index is 1250. The van der Waals surface area contributed by atoms with E-state index in [4.69, 9.17) is 10.1 Å². The van der Waals surface area contributed by atoms with E-state index in [1.807, 2.05) is 66.7 Å². The number of fused-ring (bicyclic) bond motifs is 1. The molecule has 1 amide bonds. The van der Waals surface area contributed by atoms with Crippen LogP contribution < -0.4 is 16.0 Å². The molecule has 1 aromatic heterocycles. The molecule has 0 saturated heterocycles. The Morgan fingerprint density at radius 1 is 1.00 bits per heavy atom. The first-order chi connectivity index (χ1) is 15.7. The number of nitrogens with zero attached hydrogens (tertiary/aromatic N) is 2. The molecule has 7 heteroatoms. The van der Waals surface area contributed by atoms with Crippen molar-refractivity contribution in [3.05, 3.63) is 85.6 Å². The minimum atomic E-state index is -0.258. The Morgan fingerprint density at radius 3 is 2.56 bits per heavy atom. The minimum absolute atomic E-state index is 0.0802. The highest BCUT2D eigenvalue weighted by Gasteiger charge is 2.09. The zero-order chi connectivity index (χ0) is 22.3. The number of carbonyl (C=O) groups excluding carboxylic acids is 1. The highest BCUT2D eigenvalue weighted by atomic mass is 16.3. The summed E-state index contributed by atoms with van der Waals surface area (Å²) in [5.74, 6) is 0.226. The SMILES string of the molecule is C=CC(=O)Nc1cccc(-c2cccc3cnc(Nc4ccc(NCCO)cc4)nc23)c1. The number of hydrogen-bond donors (Lipinski definition) is 4. The Hall–Kier alpha value is -4.23. The largest absolute Gasteiger partial charge is 0.395 e. The molecule has 7 nitrogen and oxygen atoms in total. The molecule has 4 aromatic rings. The van der Waals surface area contributed by atoms with E-state index in [0.29, 0.717) is 18.2 Å². The van der Waals surface area contributed by atoms with E-state index in [-0.39, 0.29) is 12.5 Å². The molecule has 4 rings (SSSR count). The summed E-state index contributed by atoms with van der Waals surface area (Å²) in [7, 11) is 0. The first-order valence-electron chi connectivity index (χ1n) is 10.2. The number of para-hydroxylation sites is 1. The van der Waals surface area contributed by atoms with Crippen LogP contribution in [0, 0.1) is 0 Å². The van der Waals surface area contributed by atoms with Gasteiger partial charge < -0.3 is 21.1 Å². The summed E-state index contributed by atoms with van der Waals surface area (Å²) in [6, 6.07) is 21.2. The van der Waals surface area contributed by atoms with Crippen LogP contribution in [0.1, 0.15) is 0 Å². The fraction of sp³-hybridized carbons (Fsp3) is 0.0800. The molecule has 32 heavy (non-hydrogen) atoms. The molecule has 0 spiro atoms. The Labute approximate surface area is 185 Å². The normalized spacial score (nSPS) is 10.5. The van der Waals surface area contributed by atoms with E-state index >= 15 is 0 Å². The predicted molar refractivity (Wildman–Crippen MR) is 129 cm³/mol. The molecule has 0 bridgehead atoms. The number of amides is 1. The minimum Gasteiger partial charge on any atom is -0.395 e. The lowest BCUT2D eigenvalue weighted by Gasteiger charge is -2.11. The number of aliphatic hydroxyl groups is 1. The summed E-state index contributed by atoms with van der Waals surface area (Å²) in [6.07, 6.45) is 3.03. The lowest BCUT2D eigenvalue weighted by atomic mass is 10.0. The number of carbonyl (C=O) groups is 1. The lowest BCUT2D eigenvalue weighted by molar-refractivity contribution is -0.111. The number of nitrogens with one attached hydrogen (secondary N) is 3. The van der Waals surface area contributed by atoms with Crippen LogP contribution in [0.4, 0.5) is 23.0 Å². The summed E-state index contributed by atoms with van der Waals surface area (Å²) in [6.45, 7) is 4.07. The average Bonchev–Trinajstić information content (AvgIpc) is 2.83. The second-order valence-corrected chi connectivity index (χ2v) is 7.06. The molecular weight excluding hydrogens is 402 g/mol. The zero-order valence-electron chi connectivity index (χ0n) is 17.4. The van der Waals surface area contributed by atoms with Gasteiger partial charge in [-0.3, -0.25) is 4.79 Å². The van der Waals surface area contributed by atoms with Gasteiger partial charge in [0.15, 0.2) is 0 Å². The Balaban J connectivity index is 1.63. The summed E-state index contributed by atoms with van der Waals surface area (Å²) in [5, 5.41) is 19.0. The van der Waals surface area contributed by atoms with Crippen molar-refractivity contribution in [2.75, 3.05) is 29.1 Å². The summed E-state index contributed by atoms with van der Waals surface area (Å²) in [4.78, 5) is 20.8. The third kappa shape index (κ3) is 4.91. The first-order valence-corrected chi connectivity index (χ1v) is 10.2. The molecular formula is C25H23N5O2. The van der Waals surface area contributed by atoms with Crippen LogP contribution in [0.5, 0.6) is 0 Å². The van der Waals surface area contributed by atoms with Gasteiger partial charge >= 0.3 is 0 Å². The summed E-state index contributed by atoms with van der Waals surface area (Å²) >= 11 is 0. The topological polar surface area (TPSA) is 99.2 Å². The van der Waals surface area contributed by atoms with Gasteiger partial charge in [0.05, 0.1) is 12.1 Å². The average molecular weight is 425 g/mol. The second kappa shape index (κ2) is 9.72. The molecule has 0 unspecified atom stereocenters. The third-order valence-electron chi connectivity index (χ3n) is 4.82. The van der Waals surface area contributed by atoms with Crippen molar-refractivity contribution in [2.45, 2.75) is 0 Å². The van der Waals surface area contributed by atoms with Crippen LogP contribution in [0.25, 0.3) is 22.0 Å². The van der Waals surface area contributed by atoms with Gasteiger partial charge in [0.25, 0.3) is 0 Å². The monoisotopic (exact) mass is 425 g/mol. The van der Waals surface area contributed by atoms with Gasteiger partial charge in [0, 0.05) is 40.8 Å². The Morgan fingerprint density at radius 2 is 1.78 bits per heavy atom. The van der Waals surface area contributed by atoms with Crippen LogP contribution in [0.3, 0.4) is 0 Å². The van der Waals surface area contributed by atoms with Crippen molar-refractivity contribution in [3.63, 3.8) is 0 Å². The van der Waals surface area contributed by atoms with Gasteiger partial charge in [0.2, 0.25) is 11.9 Å². The molecule has 0 atom stereocenters. The fourth-order valence-electron chi connectivity index (χ4n) is 3.31. The van der Waals surface area contributed by atoms with Gasteiger partial charge in [0.1, 0.15) is 0 Å². The van der Waals surface area contributed by atoms with E-state index in [1.165, 1.54) is 6.08 Å². The van der Waals surface area contributed by atoms with Crippen molar-refractivity contribution >= 4 is 39.8 Å². The molecule has 0 aliphatic heterocycles. The smallest absolute Gasteiger partial charge is 0.247 e. The van der Waals surface area contributed by atoms with Gasteiger partial charge in [-0.25, -0.2) is 9.97 Å². The van der Waals surface area contributed by atoms with Crippen LogP contribution in [0.2, 0.25) is 0 Å². The number of aromatic nitrogens is 2. The van der Waals surface area contributed by atoms with Crippen molar-refractivity contribution < 1.29 is 9.90 Å². The highest BCUT2D eigenvalue weighted by Crippen LogP contribution is 2.30. The third-order valence-corrected chi connectivity index (χ3v) is 4.82. The van der Waals surface area contributed by atoms with Crippen LogP contribution in [-0.2, 0) is 4.79 Å². The van der Waals surface area contributed by atoms with E-state index in [1.54, 1.807) is 6.20 Å². The van der Waals surface area contributed by atoms with E-state index in [0.717, 1.165) is 33.4 Å². The molecule has 0 fully saturated rings. The van der Waals surface area contributed by atoms with E-state index < -0.39 is 0 Å². The maximum absolute atomic E-state index is 11.7. The van der Waals surface area contributed by atoms with Crippen molar-refractivity contribution in [1.82, 2.24) is 9.97 Å². The number of benzene rings is 3. The molecule has 0 saturated carbocycles. The predicted octanol–water partition coefficient (Wildman–Crippen LogP) is 4.57. The van der Waals surface area contributed by atoms with Crippen LogP contribution in [0.15, 0.2) is 85.6 Å². The molecule has 1 heterocycles. The molecule has 160 valence electrons. The molecule has 0 aliphatic carbocycles. The molecule has 0 aliphatic rings. The maximum Gasteiger partial charge on any atom is 0.247 e. The van der Waals surface area contributed by atoms with Crippen LogP contribution in [-0.4, -0.2) is 34.1 Å². The van der Waals surface area contributed by atoms with Crippen molar-refractivity contribution in [3.8, 4) is 11.1 Å². The Kier molecular flexibility index (Phi) is 6.38. The van der Waals surface area contributed by atoms with Gasteiger partial charge in [-0.1, -0.05) is 36.9 Å². The van der Waals surface area contributed by atoms with Crippen molar-refractivity contribution in [1.29, 1.82) is 0 Å². The molecule has 4 N–H and O–H groups in total. The summed E-state index contributed by atoms with van der Waals surface area (Å²) in [5.41, 5.74) is 5.14. The summed E-state index contributed by atoms with van der Waals surface area (Å²) < 4.78 is 0. The highest BCUT2D eigenvalue weighted by molar-refractivity contribution is 6.00. The zero-order valence-corrected chi connectivity index (χ0v) is 17.4. The first kappa shape index (κ1) is 21.0. The lowest BCUT2D eigenvalue weighted by Crippen LogP contribution is -2.07. The molecule has 3 aromatic carbocycles. The standard InChI is InChI=1S/C25H23N5O2/c1-2-23(32)28-21-7-3-5-17(15-21)22-8-4-6-18-16-27-25(30-24(18)22)29-20-11-9-19(10-12-20)26-13-14-31/h2-12,15-16,26,31H,1,13-14H2,(H,28,32)(H,27,29,30). The number of hydrogen-bond acceptors (Lipinski definition) is 6. The number of rotatable bonds is 8. The van der Waals surface area contributed by atoms with E-state index in [2.05, 4.69) is 27.5 Å². The van der Waals surface area contributed by atoms with Gasteiger partial charge in [-0.05, 0) is 48.0 Å². The molecule has 0 radical (unpaired) electrons. The maximum atomic E-state index is 11.7. The fourth-order valence-corrected chi connectivity index (χ4v) is 3.31. The number of anilines is 4. The number of aliphatic hydroxyl groups excluding tert-OH is 1. The van der Waals surface area contributed by atoms with Crippen molar-refractivity contribution in [2.24, 2.45) is 0 Å². The van der Waals surface area contributed by atoms with Gasteiger partial charge in [-0.2, -0.15) is 0 Å². The van der Waals surface area contributed by atoms with E-state index in [9.17, 15) is 4.79 Å². The van der Waals surface area contributed by atoms with Crippen LogP contribution >= 0.6 is 0 Å².